The maximum atomic E-state index is 12.4. The fourth-order valence-electron chi connectivity index (χ4n) is 2.85. The third kappa shape index (κ3) is 7.20. The van der Waals surface area contributed by atoms with E-state index >= 15 is 0 Å². The van der Waals surface area contributed by atoms with Crippen molar-refractivity contribution in [3.05, 3.63) is 24.3 Å². The summed E-state index contributed by atoms with van der Waals surface area (Å²) in [4.78, 5) is 15.2. The SMILES string of the molecule is COC(=O)CCCCCCCCC(O)CS(=O)(=O)c1nc2ccccc2s1. The van der Waals surface area contributed by atoms with Crippen molar-refractivity contribution >= 4 is 37.4 Å². The molecule has 0 saturated carbocycles. The molecule has 1 atom stereocenters. The number of unbranched alkanes of at least 4 members (excludes halogenated alkanes) is 5. The Morgan fingerprint density at radius 3 is 2.52 bits per heavy atom. The third-order valence-corrected chi connectivity index (χ3v) is 7.64. The number of thiazole rings is 1. The number of esters is 1. The number of carbonyl (C=O) groups is 1. The van der Waals surface area contributed by atoms with Crippen molar-refractivity contribution in [2.75, 3.05) is 12.9 Å². The highest BCUT2D eigenvalue weighted by Gasteiger charge is 2.23. The third-order valence-electron chi connectivity index (χ3n) is 4.35. The first-order valence-corrected chi connectivity index (χ1v) is 11.7. The van der Waals surface area contributed by atoms with Crippen molar-refractivity contribution in [3.63, 3.8) is 0 Å². The minimum Gasteiger partial charge on any atom is -0.469 e. The summed E-state index contributed by atoms with van der Waals surface area (Å²) in [5.41, 5.74) is 0.669. The molecule has 0 bridgehead atoms. The molecular formula is C19H27NO5S2. The summed E-state index contributed by atoms with van der Waals surface area (Å²) in [6.45, 7) is 0. The Morgan fingerprint density at radius 2 is 1.81 bits per heavy atom. The number of aromatic nitrogens is 1. The number of sulfone groups is 1. The van der Waals surface area contributed by atoms with Crippen LogP contribution in [0.3, 0.4) is 0 Å². The van der Waals surface area contributed by atoms with Crippen LogP contribution < -0.4 is 0 Å². The normalized spacial score (nSPS) is 13.0. The zero-order valence-electron chi connectivity index (χ0n) is 15.6. The average Bonchev–Trinajstić information content (AvgIpc) is 3.08. The average molecular weight is 414 g/mol. The van der Waals surface area contributed by atoms with Crippen LogP contribution in [0.25, 0.3) is 10.2 Å². The van der Waals surface area contributed by atoms with Crippen molar-refractivity contribution in [1.82, 2.24) is 4.98 Å². The number of aliphatic hydroxyl groups is 1. The molecule has 0 aliphatic carbocycles. The molecule has 1 aromatic heterocycles. The van der Waals surface area contributed by atoms with Gasteiger partial charge in [0.25, 0.3) is 0 Å². The highest BCUT2D eigenvalue weighted by Crippen LogP contribution is 2.26. The number of aliphatic hydroxyl groups excluding tert-OH is 1. The van der Waals surface area contributed by atoms with E-state index in [-0.39, 0.29) is 16.1 Å². The number of rotatable bonds is 12. The summed E-state index contributed by atoms with van der Waals surface area (Å²) in [7, 11) is -2.18. The van der Waals surface area contributed by atoms with Crippen LogP contribution in [-0.4, -0.2) is 43.4 Å². The number of methoxy groups -OCH3 is 1. The number of nitrogens with zero attached hydrogens (tertiary/aromatic N) is 1. The fourth-order valence-corrected chi connectivity index (χ4v) is 5.58. The topological polar surface area (TPSA) is 93.6 Å². The Hall–Kier alpha value is -1.51. The first kappa shape index (κ1) is 21.8. The van der Waals surface area contributed by atoms with Crippen LogP contribution >= 0.6 is 11.3 Å². The van der Waals surface area contributed by atoms with Gasteiger partial charge in [0.05, 0.1) is 29.2 Å². The van der Waals surface area contributed by atoms with Crippen molar-refractivity contribution in [3.8, 4) is 0 Å². The zero-order valence-corrected chi connectivity index (χ0v) is 17.2. The summed E-state index contributed by atoms with van der Waals surface area (Å²) in [5.74, 6) is -0.459. The molecule has 27 heavy (non-hydrogen) atoms. The highest BCUT2D eigenvalue weighted by molar-refractivity contribution is 7.93. The predicted octanol–water partition coefficient (Wildman–Crippen LogP) is 3.72. The second kappa shape index (κ2) is 10.7. The van der Waals surface area contributed by atoms with Gasteiger partial charge in [0, 0.05) is 6.42 Å². The van der Waals surface area contributed by atoms with Crippen LogP contribution in [0, 0.1) is 0 Å². The molecule has 2 rings (SSSR count). The van der Waals surface area contributed by atoms with Gasteiger partial charge >= 0.3 is 5.97 Å². The molecule has 1 unspecified atom stereocenters. The van der Waals surface area contributed by atoms with E-state index in [0.29, 0.717) is 18.4 Å². The van der Waals surface area contributed by atoms with Gasteiger partial charge in [-0.05, 0) is 25.0 Å². The van der Waals surface area contributed by atoms with E-state index in [4.69, 9.17) is 0 Å². The summed E-state index contributed by atoms with van der Waals surface area (Å²) >= 11 is 1.15. The zero-order chi connectivity index (χ0) is 19.7. The summed E-state index contributed by atoms with van der Waals surface area (Å²) in [5, 5.41) is 10.1. The van der Waals surface area contributed by atoms with Crippen LogP contribution in [-0.2, 0) is 19.4 Å². The van der Waals surface area contributed by atoms with Gasteiger partial charge in [0.15, 0.2) is 0 Å². The lowest BCUT2D eigenvalue weighted by atomic mass is 10.1. The quantitative estimate of drug-likeness (QED) is 0.421. The number of fused-ring (bicyclic) bond motifs is 1. The molecule has 0 aliphatic heterocycles. The number of ether oxygens (including phenoxy) is 1. The van der Waals surface area contributed by atoms with Crippen molar-refractivity contribution in [1.29, 1.82) is 0 Å². The Balaban J connectivity index is 1.66. The Morgan fingerprint density at radius 1 is 1.15 bits per heavy atom. The van der Waals surface area contributed by atoms with E-state index in [1.165, 1.54) is 7.11 Å². The minimum absolute atomic E-state index is 0.0772. The molecule has 8 heteroatoms. The molecule has 0 aliphatic rings. The minimum atomic E-state index is -3.57. The Labute approximate surface area is 164 Å². The number of hydrogen-bond acceptors (Lipinski definition) is 7. The second-order valence-corrected chi connectivity index (χ2v) is 9.86. The van der Waals surface area contributed by atoms with Crippen LogP contribution in [0.2, 0.25) is 0 Å². The van der Waals surface area contributed by atoms with E-state index < -0.39 is 15.9 Å². The summed E-state index contributed by atoms with van der Waals surface area (Å²) in [6, 6.07) is 7.30. The molecule has 1 N–H and O–H groups in total. The van der Waals surface area contributed by atoms with Crippen LogP contribution in [0.1, 0.15) is 51.4 Å². The first-order valence-electron chi connectivity index (χ1n) is 9.25. The van der Waals surface area contributed by atoms with Crippen LogP contribution in [0.4, 0.5) is 0 Å². The second-order valence-electron chi connectivity index (χ2n) is 6.62. The van der Waals surface area contributed by atoms with Crippen molar-refractivity contribution in [2.24, 2.45) is 0 Å². The molecular weight excluding hydrogens is 386 g/mol. The standard InChI is InChI=1S/C19H27NO5S2/c1-25-18(22)13-7-5-3-2-4-6-10-15(21)14-27(23,24)19-20-16-11-8-9-12-17(16)26-19/h8-9,11-12,15,21H,2-7,10,13-14H2,1H3. The van der Waals surface area contributed by atoms with E-state index in [2.05, 4.69) is 9.72 Å². The van der Waals surface area contributed by atoms with Gasteiger partial charge in [-0.3, -0.25) is 4.79 Å². The molecule has 0 spiro atoms. The molecule has 0 saturated heterocycles. The number of para-hydroxylation sites is 1. The molecule has 150 valence electrons. The maximum Gasteiger partial charge on any atom is 0.305 e. The van der Waals surface area contributed by atoms with Gasteiger partial charge in [-0.1, -0.05) is 44.2 Å². The molecule has 2 aromatic rings. The number of hydrogen-bond donors (Lipinski definition) is 1. The smallest absolute Gasteiger partial charge is 0.305 e. The predicted molar refractivity (Wildman–Crippen MR) is 107 cm³/mol. The van der Waals surface area contributed by atoms with Crippen molar-refractivity contribution in [2.45, 2.75) is 61.8 Å². The van der Waals surface area contributed by atoms with E-state index in [1.54, 1.807) is 6.07 Å². The highest BCUT2D eigenvalue weighted by atomic mass is 32.2. The number of carbonyl (C=O) groups excluding carboxylic acids is 1. The lowest BCUT2D eigenvalue weighted by molar-refractivity contribution is -0.140. The number of benzene rings is 1. The largest absolute Gasteiger partial charge is 0.469 e. The van der Waals surface area contributed by atoms with Gasteiger partial charge < -0.3 is 9.84 Å². The molecule has 1 heterocycles. The lowest BCUT2D eigenvalue weighted by Crippen LogP contribution is -2.20. The van der Waals surface area contributed by atoms with E-state index in [0.717, 1.165) is 54.6 Å². The van der Waals surface area contributed by atoms with Gasteiger partial charge in [-0.2, -0.15) is 0 Å². The van der Waals surface area contributed by atoms with Gasteiger partial charge in [-0.25, -0.2) is 13.4 Å². The Kier molecular flexibility index (Phi) is 8.66. The monoisotopic (exact) mass is 413 g/mol. The van der Waals surface area contributed by atoms with Gasteiger partial charge in [0.2, 0.25) is 14.2 Å². The fraction of sp³-hybridized carbons (Fsp3) is 0.579. The first-order chi connectivity index (χ1) is 12.9. The molecule has 0 fully saturated rings. The summed E-state index contributed by atoms with van der Waals surface area (Å²) < 4.78 is 30.4. The molecule has 0 radical (unpaired) electrons. The molecule has 1 aromatic carbocycles. The summed E-state index contributed by atoms with van der Waals surface area (Å²) in [6.07, 6.45) is 5.62. The Bertz CT molecular complexity index is 798. The lowest BCUT2D eigenvalue weighted by Gasteiger charge is -2.09. The van der Waals surface area contributed by atoms with Gasteiger partial charge in [0.1, 0.15) is 0 Å². The van der Waals surface area contributed by atoms with E-state index in [1.807, 2.05) is 18.2 Å². The van der Waals surface area contributed by atoms with Crippen LogP contribution in [0.15, 0.2) is 28.6 Å². The molecule has 6 nitrogen and oxygen atoms in total. The van der Waals surface area contributed by atoms with E-state index in [9.17, 15) is 18.3 Å². The van der Waals surface area contributed by atoms with Crippen molar-refractivity contribution < 1.29 is 23.1 Å². The van der Waals surface area contributed by atoms with Gasteiger partial charge in [-0.15, -0.1) is 11.3 Å². The molecule has 0 amide bonds. The van der Waals surface area contributed by atoms with Crippen LogP contribution in [0.5, 0.6) is 0 Å². The maximum absolute atomic E-state index is 12.4.